The number of aromatic amines is 1. The fourth-order valence-electron chi connectivity index (χ4n) is 2.20. The predicted molar refractivity (Wildman–Crippen MR) is 84.7 cm³/mol. The van der Waals surface area contributed by atoms with E-state index in [1.54, 1.807) is 0 Å². The van der Waals surface area contributed by atoms with Gasteiger partial charge in [0.25, 0.3) is 0 Å². The Morgan fingerprint density at radius 2 is 2.23 bits per heavy atom. The van der Waals surface area contributed by atoms with Crippen molar-refractivity contribution in [3.8, 4) is 0 Å². The summed E-state index contributed by atoms with van der Waals surface area (Å²) in [6.45, 7) is 4.11. The molecule has 0 atom stereocenters. The van der Waals surface area contributed by atoms with Crippen LogP contribution < -0.4 is 0 Å². The molecule has 0 aromatic carbocycles. The third kappa shape index (κ3) is 2.89. The Bertz CT molecular complexity index is 822. The molecule has 0 saturated carbocycles. The fourth-order valence-corrected chi connectivity index (χ4v) is 2.56. The maximum Gasteiger partial charge on any atom is 0.342 e. The van der Waals surface area contributed by atoms with Gasteiger partial charge in [-0.1, -0.05) is 13.8 Å². The molecule has 22 heavy (non-hydrogen) atoms. The van der Waals surface area contributed by atoms with Crippen molar-refractivity contribution in [1.29, 1.82) is 0 Å². The van der Waals surface area contributed by atoms with Crippen LogP contribution in [-0.2, 0) is 11.3 Å². The fraction of sp³-hybridized carbons (Fsp3) is 0.267. The Balaban J connectivity index is 1.73. The zero-order valence-electron chi connectivity index (χ0n) is 12.2. The van der Waals surface area contributed by atoms with E-state index in [0.717, 1.165) is 15.8 Å². The minimum atomic E-state index is -0.393. The van der Waals surface area contributed by atoms with E-state index in [2.05, 4.69) is 31.1 Å². The highest BCUT2D eigenvalue weighted by Gasteiger charge is 2.17. The molecule has 0 radical (unpaired) electrons. The summed E-state index contributed by atoms with van der Waals surface area (Å²) in [5.41, 5.74) is 2.76. The summed E-state index contributed by atoms with van der Waals surface area (Å²) in [6.07, 6.45) is 5.24. The molecule has 3 aromatic heterocycles. The van der Waals surface area contributed by atoms with Gasteiger partial charge in [0.1, 0.15) is 17.8 Å². The number of nitrogens with one attached hydrogen (secondary N) is 1. The van der Waals surface area contributed by atoms with Crippen LogP contribution in [-0.4, -0.2) is 25.6 Å². The highest BCUT2D eigenvalue weighted by molar-refractivity contribution is 9.10. The number of esters is 1. The highest BCUT2D eigenvalue weighted by atomic mass is 79.9. The Labute approximate surface area is 135 Å². The van der Waals surface area contributed by atoms with Gasteiger partial charge in [-0.05, 0) is 34.0 Å². The molecular weight excluding hydrogens is 348 g/mol. The molecule has 7 heteroatoms. The Morgan fingerprint density at radius 1 is 1.41 bits per heavy atom. The van der Waals surface area contributed by atoms with E-state index in [9.17, 15) is 4.79 Å². The van der Waals surface area contributed by atoms with Gasteiger partial charge in [-0.25, -0.2) is 9.78 Å². The first-order valence-electron chi connectivity index (χ1n) is 6.88. The third-order valence-electron chi connectivity index (χ3n) is 3.28. The topological polar surface area (TPSA) is 72.3 Å². The zero-order valence-corrected chi connectivity index (χ0v) is 13.8. The summed E-state index contributed by atoms with van der Waals surface area (Å²) in [7, 11) is 0. The van der Waals surface area contributed by atoms with Crippen LogP contribution in [0.15, 0.2) is 35.2 Å². The normalized spacial score (nSPS) is 11.3. The zero-order chi connectivity index (χ0) is 15.7. The number of H-pyrrole nitrogens is 1. The number of halogens is 1. The number of rotatable bonds is 4. The molecule has 0 amide bonds. The summed E-state index contributed by atoms with van der Waals surface area (Å²) in [5, 5.41) is 6.75. The largest absolute Gasteiger partial charge is 0.455 e. The van der Waals surface area contributed by atoms with Gasteiger partial charge in [0.2, 0.25) is 0 Å². The predicted octanol–water partition coefficient (Wildman–Crippen LogP) is 3.30. The van der Waals surface area contributed by atoms with Crippen LogP contribution in [0.25, 0.3) is 5.65 Å². The van der Waals surface area contributed by atoms with Crippen LogP contribution in [0.2, 0.25) is 0 Å². The number of imidazole rings is 1. The Morgan fingerprint density at radius 3 is 3.00 bits per heavy atom. The second-order valence-electron chi connectivity index (χ2n) is 5.27. The minimum Gasteiger partial charge on any atom is -0.455 e. The van der Waals surface area contributed by atoms with Crippen molar-refractivity contribution in [3.05, 3.63) is 52.1 Å². The quantitative estimate of drug-likeness (QED) is 0.722. The van der Waals surface area contributed by atoms with E-state index in [0.29, 0.717) is 11.3 Å². The van der Waals surface area contributed by atoms with E-state index >= 15 is 0 Å². The van der Waals surface area contributed by atoms with Gasteiger partial charge in [0.05, 0.1) is 17.6 Å². The molecule has 3 heterocycles. The van der Waals surface area contributed by atoms with Gasteiger partial charge in [-0.15, -0.1) is 0 Å². The number of hydrogen-bond acceptors (Lipinski definition) is 4. The van der Waals surface area contributed by atoms with Crippen LogP contribution in [0.5, 0.6) is 0 Å². The van der Waals surface area contributed by atoms with E-state index in [1.807, 2.05) is 42.8 Å². The van der Waals surface area contributed by atoms with Gasteiger partial charge in [-0.3, -0.25) is 5.10 Å². The maximum absolute atomic E-state index is 12.1. The number of fused-ring (bicyclic) bond motifs is 1. The lowest BCUT2D eigenvalue weighted by Crippen LogP contribution is -2.08. The molecule has 0 bridgehead atoms. The first kappa shape index (κ1) is 14.8. The first-order chi connectivity index (χ1) is 10.5. The molecule has 0 aliphatic rings. The average Bonchev–Trinajstić information content (AvgIpc) is 3.10. The lowest BCUT2D eigenvalue weighted by atomic mass is 10.1. The lowest BCUT2D eigenvalue weighted by Gasteiger charge is -2.05. The smallest absolute Gasteiger partial charge is 0.342 e. The van der Waals surface area contributed by atoms with Gasteiger partial charge in [0, 0.05) is 16.9 Å². The molecule has 114 valence electrons. The molecule has 0 aliphatic carbocycles. The molecular formula is C15H15BrN4O2. The standard InChI is InChI=1S/C15H15BrN4O2/c1-9(2)14-12(5-17-19-14)15(21)22-8-11-7-20-6-10(16)3-4-13(20)18-11/h3-7,9H,8H2,1-2H3,(H,17,19). The van der Waals surface area contributed by atoms with Crippen LogP contribution >= 0.6 is 15.9 Å². The van der Waals surface area contributed by atoms with Crippen molar-refractivity contribution in [2.24, 2.45) is 0 Å². The van der Waals surface area contributed by atoms with Crippen LogP contribution in [0.4, 0.5) is 0 Å². The number of pyridine rings is 1. The molecule has 0 aliphatic heterocycles. The van der Waals surface area contributed by atoms with E-state index in [1.165, 1.54) is 6.20 Å². The van der Waals surface area contributed by atoms with Crippen molar-refractivity contribution in [2.45, 2.75) is 26.4 Å². The van der Waals surface area contributed by atoms with Gasteiger partial charge in [-0.2, -0.15) is 5.10 Å². The second kappa shape index (κ2) is 5.92. The van der Waals surface area contributed by atoms with E-state index in [4.69, 9.17) is 4.74 Å². The summed E-state index contributed by atoms with van der Waals surface area (Å²) >= 11 is 3.41. The number of ether oxygens (including phenoxy) is 1. The van der Waals surface area contributed by atoms with Crippen molar-refractivity contribution < 1.29 is 9.53 Å². The van der Waals surface area contributed by atoms with E-state index in [-0.39, 0.29) is 12.5 Å². The van der Waals surface area contributed by atoms with E-state index < -0.39 is 5.97 Å². The summed E-state index contributed by atoms with van der Waals surface area (Å²) in [5.74, 6) is -0.215. The minimum absolute atomic E-state index is 0.126. The maximum atomic E-state index is 12.1. The molecule has 0 fully saturated rings. The molecule has 3 rings (SSSR count). The first-order valence-corrected chi connectivity index (χ1v) is 7.67. The molecule has 3 aromatic rings. The number of carbonyl (C=O) groups excluding carboxylic acids is 1. The highest BCUT2D eigenvalue weighted by Crippen LogP contribution is 2.18. The van der Waals surface area contributed by atoms with Crippen LogP contribution in [0, 0.1) is 0 Å². The van der Waals surface area contributed by atoms with Gasteiger partial charge in [0.15, 0.2) is 0 Å². The SMILES string of the molecule is CC(C)c1[nH]ncc1C(=O)OCc1cn2cc(Br)ccc2n1. The molecule has 0 spiro atoms. The Hall–Kier alpha value is -2.15. The van der Waals surface area contributed by atoms with Crippen LogP contribution in [0.1, 0.15) is 41.5 Å². The second-order valence-corrected chi connectivity index (χ2v) is 6.19. The average molecular weight is 363 g/mol. The monoisotopic (exact) mass is 362 g/mol. The number of hydrogen-bond donors (Lipinski definition) is 1. The van der Waals surface area contributed by atoms with Crippen molar-refractivity contribution in [2.75, 3.05) is 0 Å². The summed E-state index contributed by atoms with van der Waals surface area (Å²) in [4.78, 5) is 16.6. The van der Waals surface area contributed by atoms with Crippen LogP contribution in [0.3, 0.4) is 0 Å². The number of carbonyl (C=O) groups is 1. The van der Waals surface area contributed by atoms with Crippen molar-refractivity contribution >= 4 is 27.5 Å². The summed E-state index contributed by atoms with van der Waals surface area (Å²) < 4.78 is 8.18. The molecule has 1 N–H and O–H groups in total. The lowest BCUT2D eigenvalue weighted by molar-refractivity contribution is 0.0466. The van der Waals surface area contributed by atoms with Gasteiger partial charge >= 0.3 is 5.97 Å². The number of nitrogens with zero attached hydrogens (tertiary/aromatic N) is 3. The Kier molecular flexibility index (Phi) is 3.98. The third-order valence-corrected chi connectivity index (χ3v) is 3.75. The van der Waals surface area contributed by atoms with Crippen molar-refractivity contribution in [3.63, 3.8) is 0 Å². The number of aromatic nitrogens is 4. The molecule has 6 nitrogen and oxygen atoms in total. The van der Waals surface area contributed by atoms with Crippen molar-refractivity contribution in [1.82, 2.24) is 19.6 Å². The van der Waals surface area contributed by atoms with Gasteiger partial charge < -0.3 is 9.14 Å². The summed E-state index contributed by atoms with van der Waals surface area (Å²) in [6, 6.07) is 3.81. The molecule has 0 saturated heterocycles. The molecule has 0 unspecified atom stereocenters.